The lowest BCUT2D eigenvalue weighted by molar-refractivity contribution is 0.134. The molecule has 1 aliphatic heterocycles. The molecular weight excluding hydrogens is 508 g/mol. The summed E-state index contributed by atoms with van der Waals surface area (Å²) in [5, 5.41) is 1.84. The van der Waals surface area contributed by atoms with Crippen LogP contribution < -0.4 is 9.47 Å². The van der Waals surface area contributed by atoms with Gasteiger partial charge in [0.25, 0.3) is 0 Å². The molecule has 1 atom stereocenters. The fourth-order valence-electron chi connectivity index (χ4n) is 6.05. The molecule has 0 N–H and O–H groups in total. The molecule has 39 heavy (non-hydrogen) atoms. The fraction of sp³-hybridized carbons (Fsp3) is 0.303. The van der Waals surface area contributed by atoms with Crippen LogP contribution in [0.3, 0.4) is 0 Å². The zero-order chi connectivity index (χ0) is 27.1. The summed E-state index contributed by atoms with van der Waals surface area (Å²) in [7, 11) is 2.06. The highest BCUT2D eigenvalue weighted by atomic mass is 35.5. The second-order valence-corrected chi connectivity index (χ2v) is 11.0. The number of amides is 1. The molecule has 0 spiro atoms. The Morgan fingerprint density at radius 2 is 1.85 bits per heavy atom. The number of halogens is 1. The predicted octanol–water partition coefficient (Wildman–Crippen LogP) is 8.12. The number of hydrogen-bond acceptors (Lipinski definition) is 3. The Labute approximate surface area is 234 Å². The van der Waals surface area contributed by atoms with Crippen LogP contribution in [0.4, 0.5) is 4.79 Å². The van der Waals surface area contributed by atoms with Crippen LogP contribution in [0.2, 0.25) is 5.02 Å². The summed E-state index contributed by atoms with van der Waals surface area (Å²) in [5.41, 5.74) is 6.81. The molecule has 0 bridgehead atoms. The number of aromatic nitrogens is 1. The van der Waals surface area contributed by atoms with E-state index in [1.807, 2.05) is 41.3 Å². The van der Waals surface area contributed by atoms with E-state index in [2.05, 4.69) is 49.4 Å². The molecule has 2 aliphatic rings. The molecule has 2 heterocycles. The molecule has 1 aromatic heterocycles. The van der Waals surface area contributed by atoms with Gasteiger partial charge in [0, 0.05) is 35.2 Å². The van der Waals surface area contributed by atoms with Crippen LogP contribution in [-0.2, 0) is 13.5 Å². The van der Waals surface area contributed by atoms with E-state index in [-0.39, 0.29) is 12.1 Å². The Bertz CT molecular complexity index is 1550. The standard InChI is InChI=1S/C33H33ClN2O3/c1-4-18-38-26-13-14-27(21(2)19-26)32-31-28(29-20-24(34)10-15-30(29)35(31)3)16-17-36(32)33(37)39-25-11-8-23(9-12-25)22-6-5-7-22/h4,8-15,19-20,22,32H,1,5-7,16-18H2,2-3H3. The molecule has 200 valence electrons. The molecule has 6 heteroatoms. The third-order valence-electron chi connectivity index (χ3n) is 8.29. The van der Waals surface area contributed by atoms with Crippen molar-refractivity contribution in [3.8, 4) is 11.5 Å². The second kappa shape index (κ2) is 10.5. The van der Waals surface area contributed by atoms with E-state index in [9.17, 15) is 4.79 Å². The highest BCUT2D eigenvalue weighted by Gasteiger charge is 2.38. The zero-order valence-corrected chi connectivity index (χ0v) is 23.2. The molecule has 3 aromatic carbocycles. The summed E-state index contributed by atoms with van der Waals surface area (Å²) in [6, 6.07) is 19.8. The van der Waals surface area contributed by atoms with Crippen molar-refractivity contribution in [2.75, 3.05) is 13.2 Å². The molecule has 1 amide bonds. The van der Waals surface area contributed by atoms with Crippen LogP contribution in [0.15, 0.2) is 73.3 Å². The summed E-state index contributed by atoms with van der Waals surface area (Å²) < 4.78 is 14.0. The van der Waals surface area contributed by atoms with E-state index in [1.54, 1.807) is 6.08 Å². The van der Waals surface area contributed by atoms with Crippen LogP contribution >= 0.6 is 11.6 Å². The van der Waals surface area contributed by atoms with E-state index in [0.717, 1.165) is 39.9 Å². The first-order chi connectivity index (χ1) is 18.9. The van der Waals surface area contributed by atoms with Crippen molar-refractivity contribution < 1.29 is 14.3 Å². The number of fused-ring (bicyclic) bond motifs is 3. The molecule has 0 radical (unpaired) electrons. The summed E-state index contributed by atoms with van der Waals surface area (Å²) in [4.78, 5) is 15.6. The Balaban J connectivity index is 1.39. The number of hydrogen-bond donors (Lipinski definition) is 0. The van der Waals surface area contributed by atoms with E-state index in [0.29, 0.717) is 29.8 Å². The van der Waals surface area contributed by atoms with Crippen LogP contribution in [-0.4, -0.2) is 28.7 Å². The van der Waals surface area contributed by atoms with Crippen molar-refractivity contribution in [2.24, 2.45) is 7.05 Å². The number of benzene rings is 3. The van der Waals surface area contributed by atoms with Gasteiger partial charge in [0.15, 0.2) is 0 Å². The monoisotopic (exact) mass is 540 g/mol. The molecule has 1 aliphatic carbocycles. The SMILES string of the molecule is C=CCOc1ccc(C2c3c(c4cc(Cl)ccc4n3C)CCN2C(=O)Oc2ccc(C3CCC3)cc2)c(C)c1. The first-order valence-corrected chi connectivity index (χ1v) is 14.0. The lowest BCUT2D eigenvalue weighted by Crippen LogP contribution is -2.43. The molecular formula is C33H33ClN2O3. The largest absolute Gasteiger partial charge is 0.490 e. The van der Waals surface area contributed by atoms with E-state index in [4.69, 9.17) is 21.1 Å². The maximum atomic E-state index is 13.8. The minimum Gasteiger partial charge on any atom is -0.490 e. The summed E-state index contributed by atoms with van der Waals surface area (Å²) in [6.07, 6.45) is 5.87. The average molecular weight is 541 g/mol. The molecule has 1 saturated carbocycles. The van der Waals surface area contributed by atoms with Crippen LogP contribution in [0.25, 0.3) is 10.9 Å². The summed E-state index contributed by atoms with van der Waals surface area (Å²) in [6.45, 7) is 6.78. The first kappa shape index (κ1) is 25.6. The molecule has 1 fully saturated rings. The van der Waals surface area contributed by atoms with Crippen LogP contribution in [0.1, 0.15) is 59.2 Å². The van der Waals surface area contributed by atoms with Crippen molar-refractivity contribution >= 4 is 28.6 Å². The van der Waals surface area contributed by atoms with E-state index in [1.165, 1.54) is 30.4 Å². The number of nitrogens with zero attached hydrogens (tertiary/aromatic N) is 2. The normalized spacial score (nSPS) is 17.0. The lowest BCUT2D eigenvalue weighted by atomic mass is 9.80. The molecule has 4 aromatic rings. The van der Waals surface area contributed by atoms with Gasteiger partial charge in [0.2, 0.25) is 0 Å². The van der Waals surface area contributed by atoms with Crippen molar-refractivity contribution in [3.05, 3.63) is 106 Å². The van der Waals surface area contributed by atoms with Crippen molar-refractivity contribution in [1.82, 2.24) is 9.47 Å². The van der Waals surface area contributed by atoms with Gasteiger partial charge >= 0.3 is 6.09 Å². The average Bonchev–Trinajstić information content (AvgIpc) is 3.18. The van der Waals surface area contributed by atoms with Gasteiger partial charge in [0.05, 0.1) is 0 Å². The maximum absolute atomic E-state index is 13.8. The van der Waals surface area contributed by atoms with Gasteiger partial charge in [-0.1, -0.05) is 48.9 Å². The van der Waals surface area contributed by atoms with Crippen molar-refractivity contribution in [3.63, 3.8) is 0 Å². The van der Waals surface area contributed by atoms with Crippen molar-refractivity contribution in [1.29, 1.82) is 0 Å². The zero-order valence-electron chi connectivity index (χ0n) is 22.5. The van der Waals surface area contributed by atoms with Crippen LogP contribution in [0, 0.1) is 6.92 Å². The van der Waals surface area contributed by atoms with Gasteiger partial charge in [-0.25, -0.2) is 4.79 Å². The highest BCUT2D eigenvalue weighted by molar-refractivity contribution is 6.31. The number of carbonyl (C=O) groups is 1. The van der Waals surface area contributed by atoms with Gasteiger partial charge < -0.3 is 14.0 Å². The quantitative estimate of drug-likeness (QED) is 0.232. The Hall–Kier alpha value is -3.70. The molecule has 6 rings (SSSR count). The van der Waals surface area contributed by atoms with Crippen LogP contribution in [0.5, 0.6) is 11.5 Å². The molecule has 1 unspecified atom stereocenters. The van der Waals surface area contributed by atoms with Gasteiger partial charge in [-0.3, -0.25) is 4.90 Å². The van der Waals surface area contributed by atoms with Gasteiger partial charge in [0.1, 0.15) is 24.1 Å². The third-order valence-corrected chi connectivity index (χ3v) is 8.52. The number of carbonyl (C=O) groups excluding carboxylic acids is 1. The van der Waals surface area contributed by atoms with Gasteiger partial charge in [-0.15, -0.1) is 0 Å². The fourth-order valence-corrected chi connectivity index (χ4v) is 6.23. The minimum absolute atomic E-state index is 0.319. The number of aryl methyl sites for hydroxylation is 2. The molecule has 5 nitrogen and oxygen atoms in total. The van der Waals surface area contributed by atoms with Crippen molar-refractivity contribution in [2.45, 2.75) is 44.6 Å². The second-order valence-electron chi connectivity index (χ2n) is 10.6. The Morgan fingerprint density at radius 3 is 2.54 bits per heavy atom. The first-order valence-electron chi connectivity index (χ1n) is 13.6. The number of rotatable bonds is 6. The minimum atomic E-state index is -0.350. The smallest absolute Gasteiger partial charge is 0.416 e. The lowest BCUT2D eigenvalue weighted by Gasteiger charge is -2.37. The Morgan fingerprint density at radius 1 is 1.08 bits per heavy atom. The van der Waals surface area contributed by atoms with Gasteiger partial charge in [-0.2, -0.15) is 0 Å². The Kier molecular flexibility index (Phi) is 6.86. The number of ether oxygens (including phenoxy) is 2. The van der Waals surface area contributed by atoms with Gasteiger partial charge in [-0.05, 0) is 96.8 Å². The molecule has 0 saturated heterocycles. The van der Waals surface area contributed by atoms with E-state index < -0.39 is 0 Å². The third kappa shape index (κ3) is 4.70. The predicted molar refractivity (Wildman–Crippen MR) is 156 cm³/mol. The highest BCUT2D eigenvalue weighted by Crippen LogP contribution is 2.43. The summed E-state index contributed by atoms with van der Waals surface area (Å²) >= 11 is 6.41. The topological polar surface area (TPSA) is 43.7 Å². The maximum Gasteiger partial charge on any atom is 0.416 e. The summed E-state index contributed by atoms with van der Waals surface area (Å²) in [5.74, 6) is 1.99. The van der Waals surface area contributed by atoms with E-state index >= 15 is 0 Å².